The number of carbonyl (C=O) groups excluding carboxylic acids is 1. The number of anilines is 1. The van der Waals surface area contributed by atoms with Crippen molar-refractivity contribution in [2.45, 2.75) is 18.4 Å². The van der Waals surface area contributed by atoms with Crippen LogP contribution in [-0.2, 0) is 16.6 Å². The van der Waals surface area contributed by atoms with E-state index in [1.165, 1.54) is 36.4 Å². The summed E-state index contributed by atoms with van der Waals surface area (Å²) < 4.78 is 41.2. The van der Waals surface area contributed by atoms with Gasteiger partial charge >= 0.3 is 0 Å². The molecule has 144 valence electrons. The third-order valence-electron chi connectivity index (χ3n) is 4.04. The second-order valence-electron chi connectivity index (χ2n) is 6.07. The summed E-state index contributed by atoms with van der Waals surface area (Å²) in [5.74, 6) is -1.11. The molecule has 0 atom stereocenters. The largest absolute Gasteiger partial charge is 0.346 e. The molecule has 1 amide bonds. The van der Waals surface area contributed by atoms with Crippen molar-refractivity contribution in [3.8, 4) is 0 Å². The molecule has 3 rings (SSSR count). The van der Waals surface area contributed by atoms with Crippen molar-refractivity contribution in [3.63, 3.8) is 0 Å². The Bertz CT molecular complexity index is 1100. The van der Waals surface area contributed by atoms with Crippen LogP contribution in [0.3, 0.4) is 0 Å². The summed E-state index contributed by atoms with van der Waals surface area (Å²) >= 11 is 0. The Labute approximate surface area is 162 Å². The van der Waals surface area contributed by atoms with E-state index in [0.717, 1.165) is 6.07 Å². The summed E-state index contributed by atoms with van der Waals surface area (Å²) in [4.78, 5) is 16.5. The Morgan fingerprint density at radius 2 is 1.82 bits per heavy atom. The number of carbonyl (C=O) groups is 1. The third kappa shape index (κ3) is 4.52. The standard InChI is InChI=1S/C20H18FN3O3S/c1-14-9-10-16(28(26,27)24-19-8-3-2-7-18(19)21)12-17(14)20(25)23-13-15-6-4-5-11-22-15/h2-12,24H,13H2,1H3,(H,23,25). The van der Waals surface area contributed by atoms with Crippen LogP contribution in [0.15, 0.2) is 71.8 Å². The number of benzene rings is 2. The average molecular weight is 399 g/mol. The molecule has 0 aliphatic rings. The van der Waals surface area contributed by atoms with Gasteiger partial charge in [-0.05, 0) is 48.9 Å². The molecule has 2 N–H and O–H groups in total. The number of hydrogen-bond acceptors (Lipinski definition) is 4. The lowest BCUT2D eigenvalue weighted by Crippen LogP contribution is -2.24. The van der Waals surface area contributed by atoms with E-state index in [1.54, 1.807) is 31.3 Å². The zero-order chi connectivity index (χ0) is 20.1. The fourth-order valence-corrected chi connectivity index (χ4v) is 3.62. The van der Waals surface area contributed by atoms with Crippen molar-refractivity contribution in [1.29, 1.82) is 0 Å². The molecule has 6 nitrogen and oxygen atoms in total. The van der Waals surface area contributed by atoms with Crippen LogP contribution in [0.1, 0.15) is 21.6 Å². The lowest BCUT2D eigenvalue weighted by atomic mass is 10.1. The van der Waals surface area contributed by atoms with E-state index in [4.69, 9.17) is 0 Å². The normalized spacial score (nSPS) is 11.1. The van der Waals surface area contributed by atoms with Crippen molar-refractivity contribution in [3.05, 3.63) is 89.5 Å². The van der Waals surface area contributed by atoms with Gasteiger partial charge in [-0.3, -0.25) is 14.5 Å². The number of pyridine rings is 1. The lowest BCUT2D eigenvalue weighted by Gasteiger charge is -2.12. The highest BCUT2D eigenvalue weighted by Gasteiger charge is 2.19. The van der Waals surface area contributed by atoms with Gasteiger partial charge in [0.1, 0.15) is 5.82 Å². The highest BCUT2D eigenvalue weighted by molar-refractivity contribution is 7.92. The van der Waals surface area contributed by atoms with E-state index >= 15 is 0 Å². The number of amides is 1. The van der Waals surface area contributed by atoms with Gasteiger partial charge < -0.3 is 5.32 Å². The number of aryl methyl sites for hydroxylation is 1. The number of nitrogens with zero attached hydrogens (tertiary/aromatic N) is 1. The Morgan fingerprint density at radius 1 is 1.07 bits per heavy atom. The van der Waals surface area contributed by atoms with Gasteiger partial charge in [-0.25, -0.2) is 12.8 Å². The first-order valence-electron chi connectivity index (χ1n) is 8.43. The monoisotopic (exact) mass is 399 g/mol. The van der Waals surface area contributed by atoms with E-state index in [0.29, 0.717) is 11.3 Å². The molecule has 0 unspecified atom stereocenters. The first-order chi connectivity index (χ1) is 13.4. The second kappa shape index (κ2) is 8.18. The molecule has 0 bridgehead atoms. The highest BCUT2D eigenvalue weighted by atomic mass is 32.2. The molecule has 0 radical (unpaired) electrons. The van der Waals surface area contributed by atoms with Gasteiger partial charge in [-0.15, -0.1) is 0 Å². The second-order valence-corrected chi connectivity index (χ2v) is 7.75. The van der Waals surface area contributed by atoms with Crippen molar-refractivity contribution in [1.82, 2.24) is 10.3 Å². The van der Waals surface area contributed by atoms with Gasteiger partial charge in [-0.2, -0.15) is 0 Å². The van der Waals surface area contributed by atoms with Gasteiger partial charge in [0.15, 0.2) is 0 Å². The van der Waals surface area contributed by atoms with Crippen LogP contribution < -0.4 is 10.0 Å². The van der Waals surface area contributed by atoms with Crippen LogP contribution in [0.2, 0.25) is 0 Å². The molecule has 8 heteroatoms. The summed E-state index contributed by atoms with van der Waals surface area (Å²) in [6.07, 6.45) is 1.62. The molecule has 0 spiro atoms. The van der Waals surface area contributed by atoms with Crippen LogP contribution in [0.25, 0.3) is 0 Å². The number of hydrogen-bond donors (Lipinski definition) is 2. The minimum Gasteiger partial charge on any atom is -0.346 e. The van der Waals surface area contributed by atoms with Crippen LogP contribution in [0, 0.1) is 12.7 Å². The first kappa shape index (κ1) is 19.5. The molecule has 1 aromatic heterocycles. The predicted molar refractivity (Wildman–Crippen MR) is 104 cm³/mol. The Morgan fingerprint density at radius 3 is 2.54 bits per heavy atom. The third-order valence-corrected chi connectivity index (χ3v) is 5.40. The molecular weight excluding hydrogens is 381 g/mol. The molecule has 28 heavy (non-hydrogen) atoms. The predicted octanol–water partition coefficient (Wildman–Crippen LogP) is 3.26. The maximum atomic E-state index is 13.8. The van der Waals surface area contributed by atoms with Crippen molar-refractivity contribution in [2.75, 3.05) is 4.72 Å². The molecule has 0 saturated heterocycles. The Kier molecular flexibility index (Phi) is 5.70. The zero-order valence-electron chi connectivity index (χ0n) is 15.0. The summed E-state index contributed by atoms with van der Waals surface area (Å²) in [5, 5.41) is 2.72. The van der Waals surface area contributed by atoms with E-state index in [1.807, 2.05) is 0 Å². The summed E-state index contributed by atoms with van der Waals surface area (Å²) in [6, 6.07) is 15.0. The maximum absolute atomic E-state index is 13.8. The van der Waals surface area contributed by atoms with Gasteiger partial charge in [0, 0.05) is 11.8 Å². The van der Waals surface area contributed by atoms with E-state index in [2.05, 4.69) is 15.0 Å². The zero-order valence-corrected chi connectivity index (χ0v) is 15.8. The average Bonchev–Trinajstić information content (AvgIpc) is 2.69. The SMILES string of the molecule is Cc1ccc(S(=O)(=O)Nc2ccccc2F)cc1C(=O)NCc1ccccn1. The van der Waals surface area contributed by atoms with Crippen molar-refractivity contribution < 1.29 is 17.6 Å². The lowest BCUT2D eigenvalue weighted by molar-refractivity contribution is 0.0949. The van der Waals surface area contributed by atoms with E-state index in [9.17, 15) is 17.6 Å². The molecular formula is C20H18FN3O3S. The first-order valence-corrected chi connectivity index (χ1v) is 9.91. The van der Waals surface area contributed by atoms with Crippen molar-refractivity contribution in [2.24, 2.45) is 0 Å². The topological polar surface area (TPSA) is 88.2 Å². The molecule has 1 heterocycles. The van der Waals surface area contributed by atoms with E-state index in [-0.39, 0.29) is 22.7 Å². The molecule has 2 aromatic carbocycles. The Balaban J connectivity index is 1.82. The number of para-hydroxylation sites is 1. The number of nitrogens with one attached hydrogen (secondary N) is 2. The molecule has 0 aliphatic carbocycles. The number of sulfonamides is 1. The van der Waals surface area contributed by atoms with E-state index < -0.39 is 21.7 Å². The summed E-state index contributed by atoms with van der Waals surface area (Å²) in [5.41, 5.74) is 1.35. The van der Waals surface area contributed by atoms with Gasteiger partial charge in [0.2, 0.25) is 0 Å². The number of halogens is 1. The van der Waals surface area contributed by atoms with Crippen LogP contribution >= 0.6 is 0 Å². The molecule has 0 fully saturated rings. The fourth-order valence-electron chi connectivity index (χ4n) is 2.53. The fraction of sp³-hybridized carbons (Fsp3) is 0.100. The highest BCUT2D eigenvalue weighted by Crippen LogP contribution is 2.21. The molecule has 0 aliphatic heterocycles. The van der Waals surface area contributed by atoms with Gasteiger partial charge in [0.05, 0.1) is 22.8 Å². The molecule has 0 saturated carbocycles. The minimum absolute atomic E-state index is 0.135. The van der Waals surface area contributed by atoms with Crippen LogP contribution in [0.5, 0.6) is 0 Å². The van der Waals surface area contributed by atoms with Gasteiger partial charge in [0.25, 0.3) is 15.9 Å². The molecule has 3 aromatic rings. The smallest absolute Gasteiger partial charge is 0.262 e. The summed E-state index contributed by atoms with van der Waals surface area (Å²) in [7, 11) is -4.06. The maximum Gasteiger partial charge on any atom is 0.262 e. The van der Waals surface area contributed by atoms with Crippen molar-refractivity contribution >= 4 is 21.6 Å². The number of rotatable bonds is 6. The van der Waals surface area contributed by atoms with Gasteiger partial charge in [-0.1, -0.05) is 24.3 Å². The quantitative estimate of drug-likeness (QED) is 0.666. The Hall–Kier alpha value is -3.26. The number of aromatic nitrogens is 1. The van der Waals surface area contributed by atoms with Crippen LogP contribution in [-0.4, -0.2) is 19.3 Å². The van der Waals surface area contributed by atoms with Crippen LogP contribution in [0.4, 0.5) is 10.1 Å². The summed E-state index contributed by atoms with van der Waals surface area (Å²) in [6.45, 7) is 1.92. The minimum atomic E-state index is -4.06.